The van der Waals surface area contributed by atoms with Crippen molar-refractivity contribution in [2.75, 3.05) is 6.54 Å². The van der Waals surface area contributed by atoms with Gasteiger partial charge in [-0.05, 0) is 18.2 Å². The minimum Gasteiger partial charge on any atom is -0.350 e. The standard InChI is InChI=1S/C20H20FN5O3/c1-2-18(28)22-10-12-8-13-11-25(6-7-26(13)24-12)20(29)16-9-17(27)14-4-3-5-15(21)19(14)23-16/h3-5,8-9H,2,6-7,10-11H2,1H3,(H,22,28)(H,23,27). The molecule has 29 heavy (non-hydrogen) atoms. The van der Waals surface area contributed by atoms with Crippen LogP contribution in [0.5, 0.6) is 0 Å². The summed E-state index contributed by atoms with van der Waals surface area (Å²) >= 11 is 0. The number of H-pyrrole nitrogens is 1. The van der Waals surface area contributed by atoms with E-state index in [2.05, 4.69) is 15.4 Å². The topological polar surface area (TPSA) is 100 Å². The first kappa shape index (κ1) is 18.9. The SMILES string of the molecule is CCC(=O)NCc1cc2n(n1)CCN(C(=O)c1cc(=O)c3cccc(F)c3[nH]1)C2. The van der Waals surface area contributed by atoms with Crippen LogP contribution in [0.15, 0.2) is 35.1 Å². The van der Waals surface area contributed by atoms with E-state index in [9.17, 15) is 18.8 Å². The molecule has 3 heterocycles. The van der Waals surface area contributed by atoms with Crippen LogP contribution in [0.2, 0.25) is 0 Å². The summed E-state index contributed by atoms with van der Waals surface area (Å²) in [6.45, 7) is 3.32. The van der Waals surface area contributed by atoms with Crippen molar-refractivity contribution in [2.45, 2.75) is 33.0 Å². The lowest BCUT2D eigenvalue weighted by atomic mass is 10.1. The number of hydrogen-bond donors (Lipinski definition) is 2. The summed E-state index contributed by atoms with van der Waals surface area (Å²) in [5.74, 6) is -1.01. The van der Waals surface area contributed by atoms with Crippen LogP contribution < -0.4 is 10.7 Å². The van der Waals surface area contributed by atoms with Crippen LogP contribution in [-0.4, -0.2) is 38.0 Å². The number of aromatic nitrogens is 3. The largest absolute Gasteiger partial charge is 0.350 e. The van der Waals surface area contributed by atoms with Crippen LogP contribution in [-0.2, 0) is 24.4 Å². The van der Waals surface area contributed by atoms with Crippen molar-refractivity contribution >= 4 is 22.7 Å². The van der Waals surface area contributed by atoms with E-state index in [1.807, 2.05) is 6.07 Å². The third kappa shape index (κ3) is 3.63. The Bertz CT molecular complexity index is 1170. The zero-order valence-corrected chi connectivity index (χ0v) is 15.9. The molecule has 9 heteroatoms. The molecule has 0 saturated heterocycles. The van der Waals surface area contributed by atoms with Gasteiger partial charge in [-0.3, -0.25) is 19.1 Å². The molecule has 0 aliphatic carbocycles. The van der Waals surface area contributed by atoms with E-state index in [1.54, 1.807) is 16.5 Å². The fourth-order valence-corrected chi connectivity index (χ4v) is 3.42. The van der Waals surface area contributed by atoms with Crippen molar-refractivity contribution in [1.29, 1.82) is 0 Å². The van der Waals surface area contributed by atoms with Gasteiger partial charge >= 0.3 is 0 Å². The Morgan fingerprint density at radius 1 is 1.28 bits per heavy atom. The molecule has 8 nitrogen and oxygen atoms in total. The van der Waals surface area contributed by atoms with E-state index in [1.165, 1.54) is 24.3 Å². The van der Waals surface area contributed by atoms with Gasteiger partial charge in [0.05, 0.1) is 36.5 Å². The molecular formula is C20H20FN5O3. The Hall–Kier alpha value is -3.49. The minimum atomic E-state index is -0.579. The van der Waals surface area contributed by atoms with Gasteiger partial charge in [-0.2, -0.15) is 5.10 Å². The Morgan fingerprint density at radius 2 is 2.10 bits per heavy atom. The molecule has 2 N–H and O–H groups in total. The van der Waals surface area contributed by atoms with E-state index in [-0.39, 0.29) is 28.4 Å². The molecular weight excluding hydrogens is 377 g/mol. The predicted octanol–water partition coefficient (Wildman–Crippen LogP) is 1.55. The number of para-hydroxylation sites is 1. The number of nitrogens with zero attached hydrogens (tertiary/aromatic N) is 3. The van der Waals surface area contributed by atoms with E-state index in [0.29, 0.717) is 32.6 Å². The average molecular weight is 397 g/mol. The van der Waals surface area contributed by atoms with Gasteiger partial charge in [-0.15, -0.1) is 0 Å². The molecule has 0 atom stereocenters. The second kappa shape index (κ2) is 7.50. The molecule has 2 aromatic heterocycles. The number of aromatic amines is 1. The monoisotopic (exact) mass is 397 g/mol. The lowest BCUT2D eigenvalue weighted by molar-refractivity contribution is -0.120. The number of nitrogens with one attached hydrogen (secondary N) is 2. The third-order valence-electron chi connectivity index (χ3n) is 4.97. The van der Waals surface area contributed by atoms with Gasteiger partial charge in [0.1, 0.15) is 11.5 Å². The highest BCUT2D eigenvalue weighted by atomic mass is 19.1. The molecule has 1 aromatic carbocycles. The number of halogens is 1. The maximum absolute atomic E-state index is 14.1. The highest BCUT2D eigenvalue weighted by Crippen LogP contribution is 2.18. The lowest BCUT2D eigenvalue weighted by Gasteiger charge is -2.27. The smallest absolute Gasteiger partial charge is 0.270 e. The van der Waals surface area contributed by atoms with Gasteiger partial charge in [0.25, 0.3) is 5.91 Å². The minimum absolute atomic E-state index is 0.0272. The maximum atomic E-state index is 14.1. The number of amides is 2. The molecule has 1 aliphatic heterocycles. The average Bonchev–Trinajstić information content (AvgIpc) is 3.14. The molecule has 2 amide bonds. The second-order valence-corrected chi connectivity index (χ2v) is 6.92. The van der Waals surface area contributed by atoms with Gasteiger partial charge < -0.3 is 15.2 Å². The number of fused-ring (bicyclic) bond motifs is 2. The summed E-state index contributed by atoms with van der Waals surface area (Å²) in [4.78, 5) is 41.0. The predicted molar refractivity (Wildman–Crippen MR) is 104 cm³/mol. The highest BCUT2D eigenvalue weighted by Gasteiger charge is 2.24. The Balaban J connectivity index is 1.55. The zero-order valence-electron chi connectivity index (χ0n) is 15.9. The summed E-state index contributed by atoms with van der Waals surface area (Å²) in [6.07, 6.45) is 0.403. The van der Waals surface area contributed by atoms with Crippen LogP contribution in [0.25, 0.3) is 10.9 Å². The molecule has 3 aromatic rings. The number of benzene rings is 1. The summed E-state index contributed by atoms with van der Waals surface area (Å²) < 4.78 is 15.9. The lowest BCUT2D eigenvalue weighted by Crippen LogP contribution is -2.39. The molecule has 0 saturated carbocycles. The van der Waals surface area contributed by atoms with E-state index < -0.39 is 11.2 Å². The van der Waals surface area contributed by atoms with Crippen molar-refractivity contribution in [3.63, 3.8) is 0 Å². The Kier molecular flexibility index (Phi) is 4.87. The first-order chi connectivity index (χ1) is 14.0. The van der Waals surface area contributed by atoms with Crippen LogP contribution in [0, 0.1) is 5.82 Å². The van der Waals surface area contributed by atoms with E-state index in [0.717, 1.165) is 11.4 Å². The number of pyridine rings is 1. The van der Waals surface area contributed by atoms with Gasteiger partial charge in [-0.1, -0.05) is 13.0 Å². The number of carbonyl (C=O) groups is 2. The molecule has 0 radical (unpaired) electrons. The van der Waals surface area contributed by atoms with Crippen molar-refractivity contribution < 1.29 is 14.0 Å². The van der Waals surface area contributed by atoms with Gasteiger partial charge in [-0.25, -0.2) is 4.39 Å². The van der Waals surface area contributed by atoms with Crippen LogP contribution in [0.3, 0.4) is 0 Å². The van der Waals surface area contributed by atoms with Crippen LogP contribution in [0.1, 0.15) is 35.2 Å². The molecule has 4 rings (SSSR count). The Morgan fingerprint density at radius 3 is 2.90 bits per heavy atom. The first-order valence-electron chi connectivity index (χ1n) is 9.39. The third-order valence-corrected chi connectivity index (χ3v) is 4.97. The molecule has 150 valence electrons. The van der Waals surface area contributed by atoms with Crippen LogP contribution in [0.4, 0.5) is 4.39 Å². The number of hydrogen-bond acceptors (Lipinski definition) is 4. The van der Waals surface area contributed by atoms with Gasteiger partial charge in [0, 0.05) is 24.4 Å². The second-order valence-electron chi connectivity index (χ2n) is 6.92. The van der Waals surface area contributed by atoms with E-state index in [4.69, 9.17) is 0 Å². The fraction of sp³-hybridized carbons (Fsp3) is 0.300. The van der Waals surface area contributed by atoms with Gasteiger partial charge in [0.2, 0.25) is 5.91 Å². The Labute approximate surface area is 165 Å². The maximum Gasteiger partial charge on any atom is 0.270 e. The molecule has 1 aliphatic rings. The molecule has 0 bridgehead atoms. The van der Waals surface area contributed by atoms with Gasteiger partial charge in [0.15, 0.2) is 5.43 Å². The van der Waals surface area contributed by atoms with Crippen molar-refractivity contribution in [3.05, 3.63) is 63.5 Å². The molecule has 0 spiro atoms. The quantitative estimate of drug-likeness (QED) is 0.698. The normalized spacial score (nSPS) is 13.4. The number of rotatable bonds is 4. The summed E-state index contributed by atoms with van der Waals surface area (Å²) in [5, 5.41) is 7.43. The summed E-state index contributed by atoms with van der Waals surface area (Å²) in [7, 11) is 0. The molecule has 0 fully saturated rings. The highest BCUT2D eigenvalue weighted by molar-refractivity contribution is 5.95. The van der Waals surface area contributed by atoms with Crippen molar-refractivity contribution in [3.8, 4) is 0 Å². The zero-order chi connectivity index (χ0) is 20.5. The fourth-order valence-electron chi connectivity index (χ4n) is 3.42. The van der Waals surface area contributed by atoms with Crippen LogP contribution >= 0.6 is 0 Å². The van der Waals surface area contributed by atoms with E-state index >= 15 is 0 Å². The molecule has 0 unspecified atom stereocenters. The summed E-state index contributed by atoms with van der Waals surface area (Å²) in [6, 6.07) is 7.27. The number of carbonyl (C=O) groups excluding carboxylic acids is 2. The van der Waals surface area contributed by atoms with Crippen molar-refractivity contribution in [1.82, 2.24) is 25.0 Å². The van der Waals surface area contributed by atoms with Crippen molar-refractivity contribution in [2.24, 2.45) is 0 Å². The first-order valence-corrected chi connectivity index (χ1v) is 9.39. The summed E-state index contributed by atoms with van der Waals surface area (Å²) in [5.41, 5.74) is 1.23.